The number of nitrogens with zero attached hydrogens (tertiary/aromatic N) is 2. The Morgan fingerprint density at radius 2 is 1.71 bits per heavy atom. The number of ether oxygens (including phenoxy) is 1. The largest absolute Gasteiger partial charge is 0.497 e. The number of sulfonamides is 1. The Balaban J connectivity index is 1.70. The van der Waals surface area contributed by atoms with Crippen molar-refractivity contribution in [2.75, 3.05) is 18.0 Å². The average molecular weight is 643 g/mol. The lowest BCUT2D eigenvalue weighted by molar-refractivity contribution is -0.139. The maximum atomic E-state index is 14.1. The van der Waals surface area contributed by atoms with E-state index in [0.29, 0.717) is 5.75 Å². The van der Waals surface area contributed by atoms with Crippen molar-refractivity contribution in [2.45, 2.75) is 63.1 Å². The van der Waals surface area contributed by atoms with Gasteiger partial charge in [0.2, 0.25) is 11.8 Å². The highest BCUT2D eigenvalue weighted by Gasteiger charge is 2.33. The van der Waals surface area contributed by atoms with Crippen LogP contribution in [0.2, 0.25) is 0 Å². The summed E-state index contributed by atoms with van der Waals surface area (Å²) in [4.78, 5) is 28.9. The molecule has 4 rings (SSSR count). The van der Waals surface area contributed by atoms with Gasteiger partial charge in [0.05, 0.1) is 17.7 Å². The molecular formula is C31H36BrN3O5S. The summed E-state index contributed by atoms with van der Waals surface area (Å²) in [5.41, 5.74) is 2.00. The number of hydrogen-bond donors (Lipinski definition) is 1. The fourth-order valence-corrected chi connectivity index (χ4v) is 6.79. The second-order valence-electron chi connectivity index (χ2n) is 10.3. The van der Waals surface area contributed by atoms with Gasteiger partial charge >= 0.3 is 0 Å². The molecule has 1 atom stereocenters. The smallest absolute Gasteiger partial charge is 0.264 e. The molecule has 0 bridgehead atoms. The van der Waals surface area contributed by atoms with E-state index < -0.39 is 28.5 Å². The van der Waals surface area contributed by atoms with Crippen molar-refractivity contribution in [1.29, 1.82) is 0 Å². The van der Waals surface area contributed by atoms with Crippen LogP contribution in [0.3, 0.4) is 0 Å². The molecule has 0 heterocycles. The fraction of sp³-hybridized carbons (Fsp3) is 0.355. The number of rotatable bonds is 11. The summed E-state index contributed by atoms with van der Waals surface area (Å²) in [6.07, 6.45) is 3.95. The first-order valence-electron chi connectivity index (χ1n) is 13.7. The molecule has 0 spiro atoms. The number of nitrogens with one attached hydrogen (secondary N) is 1. The van der Waals surface area contributed by atoms with Crippen molar-refractivity contribution in [3.63, 3.8) is 0 Å². The van der Waals surface area contributed by atoms with E-state index in [9.17, 15) is 18.0 Å². The fourth-order valence-electron chi connectivity index (χ4n) is 4.94. The van der Waals surface area contributed by atoms with Gasteiger partial charge in [-0.1, -0.05) is 64.7 Å². The lowest BCUT2D eigenvalue weighted by Gasteiger charge is -2.32. The zero-order valence-electron chi connectivity index (χ0n) is 23.5. The SMILES string of the molecule is COc1cccc(N(CC(=O)N(Cc2cccc(Br)c2)C(C)C(=O)NC2CCCC2)S(=O)(=O)c2ccc(C)cc2)c1. The maximum absolute atomic E-state index is 14.1. The normalized spacial score (nSPS) is 14.3. The monoisotopic (exact) mass is 641 g/mol. The van der Waals surface area contributed by atoms with Gasteiger partial charge in [-0.25, -0.2) is 8.42 Å². The van der Waals surface area contributed by atoms with Crippen molar-refractivity contribution >= 4 is 43.5 Å². The van der Waals surface area contributed by atoms with Gasteiger partial charge in [0.15, 0.2) is 0 Å². The summed E-state index contributed by atoms with van der Waals surface area (Å²) >= 11 is 3.47. The Kier molecular flexibility index (Phi) is 10.1. The molecule has 1 aliphatic rings. The molecule has 1 aliphatic carbocycles. The second-order valence-corrected chi connectivity index (χ2v) is 13.1. The number of aryl methyl sites for hydroxylation is 1. The quantitative estimate of drug-likeness (QED) is 0.301. The van der Waals surface area contributed by atoms with Crippen molar-refractivity contribution in [2.24, 2.45) is 0 Å². The maximum Gasteiger partial charge on any atom is 0.264 e. The van der Waals surface area contributed by atoms with Crippen LogP contribution in [0.15, 0.2) is 82.2 Å². The molecule has 1 saturated carbocycles. The van der Waals surface area contributed by atoms with Crippen LogP contribution < -0.4 is 14.4 Å². The topological polar surface area (TPSA) is 96.0 Å². The van der Waals surface area contributed by atoms with E-state index in [4.69, 9.17) is 4.74 Å². The Morgan fingerprint density at radius 3 is 2.37 bits per heavy atom. The van der Waals surface area contributed by atoms with Crippen LogP contribution in [0.5, 0.6) is 5.75 Å². The number of hydrogen-bond acceptors (Lipinski definition) is 5. The highest BCUT2D eigenvalue weighted by molar-refractivity contribution is 9.10. The predicted molar refractivity (Wildman–Crippen MR) is 163 cm³/mol. The summed E-state index contributed by atoms with van der Waals surface area (Å²) < 4.78 is 35.2. The van der Waals surface area contributed by atoms with E-state index in [1.54, 1.807) is 43.3 Å². The molecule has 41 heavy (non-hydrogen) atoms. The molecular weight excluding hydrogens is 606 g/mol. The minimum atomic E-state index is -4.15. The Bertz CT molecular complexity index is 1470. The molecule has 10 heteroatoms. The summed E-state index contributed by atoms with van der Waals surface area (Å²) in [7, 11) is -2.65. The van der Waals surface area contributed by atoms with Crippen LogP contribution in [0.4, 0.5) is 5.69 Å². The molecule has 3 aromatic carbocycles. The minimum absolute atomic E-state index is 0.0595. The third-order valence-electron chi connectivity index (χ3n) is 7.34. The Labute approximate surface area is 250 Å². The summed E-state index contributed by atoms with van der Waals surface area (Å²) in [6.45, 7) is 3.19. The van der Waals surface area contributed by atoms with Crippen molar-refractivity contribution in [1.82, 2.24) is 10.2 Å². The lowest BCUT2D eigenvalue weighted by Crippen LogP contribution is -2.52. The molecule has 0 aliphatic heterocycles. The zero-order chi connectivity index (χ0) is 29.6. The summed E-state index contributed by atoms with van der Waals surface area (Å²) in [5, 5.41) is 3.08. The van der Waals surface area contributed by atoms with Crippen LogP contribution in [0.25, 0.3) is 0 Å². The van der Waals surface area contributed by atoms with E-state index in [1.807, 2.05) is 31.2 Å². The van der Waals surface area contributed by atoms with E-state index in [2.05, 4.69) is 21.2 Å². The molecule has 3 aromatic rings. The Morgan fingerprint density at radius 1 is 1.02 bits per heavy atom. The van der Waals surface area contributed by atoms with Crippen LogP contribution >= 0.6 is 15.9 Å². The van der Waals surface area contributed by atoms with Gasteiger partial charge in [0, 0.05) is 23.1 Å². The van der Waals surface area contributed by atoms with Gasteiger partial charge in [-0.05, 0) is 68.7 Å². The van der Waals surface area contributed by atoms with Crippen LogP contribution in [-0.2, 0) is 26.2 Å². The van der Waals surface area contributed by atoms with Crippen LogP contribution in [0.1, 0.15) is 43.7 Å². The first kappa shape index (κ1) is 30.6. The molecule has 218 valence electrons. The number of anilines is 1. The highest BCUT2D eigenvalue weighted by Crippen LogP contribution is 2.28. The third kappa shape index (κ3) is 7.68. The molecule has 2 amide bonds. The number of halogens is 1. The molecule has 0 saturated heterocycles. The highest BCUT2D eigenvalue weighted by atomic mass is 79.9. The zero-order valence-corrected chi connectivity index (χ0v) is 25.9. The average Bonchev–Trinajstić information content (AvgIpc) is 3.47. The van der Waals surface area contributed by atoms with E-state index >= 15 is 0 Å². The first-order chi connectivity index (χ1) is 19.6. The molecule has 1 N–H and O–H groups in total. The Hall–Kier alpha value is -3.37. The second kappa shape index (κ2) is 13.5. The van der Waals surface area contributed by atoms with E-state index in [0.717, 1.165) is 45.6 Å². The van der Waals surface area contributed by atoms with Gasteiger partial charge in [0.1, 0.15) is 18.3 Å². The predicted octanol–water partition coefficient (Wildman–Crippen LogP) is 5.44. The molecule has 0 radical (unpaired) electrons. The number of benzene rings is 3. The standard InChI is InChI=1S/C31H36BrN3O5S/c1-22-14-16-29(17-15-22)41(38,39)35(27-12-7-13-28(19-27)40-3)21-30(36)34(20-24-8-6-9-25(32)18-24)23(2)31(37)33-26-10-4-5-11-26/h6-9,12-19,23,26H,4-5,10-11,20-21H2,1-3H3,(H,33,37). The number of amides is 2. The van der Waals surface area contributed by atoms with E-state index in [1.165, 1.54) is 24.1 Å². The first-order valence-corrected chi connectivity index (χ1v) is 15.9. The van der Waals surface area contributed by atoms with Crippen molar-refractivity contribution in [3.8, 4) is 5.75 Å². The van der Waals surface area contributed by atoms with Gasteiger partial charge in [-0.15, -0.1) is 0 Å². The summed E-state index contributed by atoms with van der Waals surface area (Å²) in [6, 6.07) is 19.8. The number of carbonyl (C=O) groups is 2. The third-order valence-corrected chi connectivity index (χ3v) is 9.62. The molecule has 0 aromatic heterocycles. The van der Waals surface area contributed by atoms with Crippen LogP contribution in [0, 0.1) is 6.92 Å². The van der Waals surface area contributed by atoms with Gasteiger partial charge in [-0.2, -0.15) is 0 Å². The van der Waals surface area contributed by atoms with Crippen molar-refractivity contribution < 1.29 is 22.7 Å². The number of carbonyl (C=O) groups excluding carboxylic acids is 2. The number of methoxy groups -OCH3 is 1. The van der Waals surface area contributed by atoms with Gasteiger partial charge in [0.25, 0.3) is 10.0 Å². The summed E-state index contributed by atoms with van der Waals surface area (Å²) in [5.74, 6) is -0.304. The van der Waals surface area contributed by atoms with Crippen LogP contribution in [-0.4, -0.2) is 50.9 Å². The lowest BCUT2D eigenvalue weighted by atomic mass is 10.1. The minimum Gasteiger partial charge on any atom is -0.497 e. The van der Waals surface area contributed by atoms with E-state index in [-0.39, 0.29) is 29.1 Å². The van der Waals surface area contributed by atoms with Gasteiger partial charge < -0.3 is 15.0 Å². The molecule has 8 nitrogen and oxygen atoms in total. The molecule has 1 fully saturated rings. The van der Waals surface area contributed by atoms with Gasteiger partial charge in [-0.3, -0.25) is 13.9 Å². The molecule has 1 unspecified atom stereocenters. The van der Waals surface area contributed by atoms with Crippen molar-refractivity contribution in [3.05, 3.63) is 88.4 Å².